The van der Waals surface area contributed by atoms with Crippen LogP contribution in [0.1, 0.15) is 11.5 Å². The molecule has 21 heavy (non-hydrogen) atoms. The third-order valence-electron chi connectivity index (χ3n) is 3.20. The maximum atomic E-state index is 13.7. The number of aromatic nitrogens is 4. The lowest BCUT2D eigenvalue weighted by Crippen LogP contribution is -2.03. The fraction of sp³-hybridized carbons (Fsp3) is 0.214. The van der Waals surface area contributed by atoms with E-state index >= 15 is 0 Å². The lowest BCUT2D eigenvalue weighted by Gasteiger charge is -2.06. The summed E-state index contributed by atoms with van der Waals surface area (Å²) in [5.41, 5.74) is 2.24. The minimum Gasteiger partial charge on any atom is -0.494 e. The van der Waals surface area contributed by atoms with Crippen LogP contribution in [0.3, 0.4) is 0 Å². The molecule has 0 radical (unpaired) electrons. The molecule has 108 valence electrons. The van der Waals surface area contributed by atoms with Crippen molar-refractivity contribution in [3.8, 4) is 5.75 Å². The Balaban J connectivity index is 2.13. The number of hydrogen-bond acceptors (Lipinski definition) is 4. The molecule has 2 heterocycles. The van der Waals surface area contributed by atoms with E-state index < -0.39 is 5.82 Å². The lowest BCUT2D eigenvalue weighted by atomic mass is 10.2. The predicted octanol–water partition coefficient (Wildman–Crippen LogP) is 2.99. The van der Waals surface area contributed by atoms with E-state index in [-0.39, 0.29) is 5.75 Å². The van der Waals surface area contributed by atoms with Crippen molar-refractivity contribution in [3.63, 3.8) is 0 Å². The van der Waals surface area contributed by atoms with E-state index in [1.54, 1.807) is 12.3 Å². The largest absolute Gasteiger partial charge is 0.494 e. The number of imidazole rings is 1. The van der Waals surface area contributed by atoms with Gasteiger partial charge in [0, 0.05) is 18.3 Å². The number of halogens is 1. The second kappa shape index (κ2) is 5.25. The van der Waals surface area contributed by atoms with Gasteiger partial charge in [-0.15, -0.1) is 0 Å². The normalized spacial score (nSPS) is 11.0. The standard InChI is InChI=1S/C14H13FN4OS/c1-8-16-4-3-9(17-8)7-19-12-6-13(20-2)10(15)5-11(12)18-14(19)21/h3-6H,7H2,1-2H3,(H,18,21). The van der Waals surface area contributed by atoms with Gasteiger partial charge in [0.15, 0.2) is 16.3 Å². The molecule has 3 aromatic rings. The number of nitrogens with zero attached hydrogens (tertiary/aromatic N) is 3. The van der Waals surface area contributed by atoms with Crippen LogP contribution in [0, 0.1) is 17.5 Å². The van der Waals surface area contributed by atoms with Crippen LogP contribution in [0.2, 0.25) is 0 Å². The molecule has 0 unspecified atom stereocenters. The van der Waals surface area contributed by atoms with Gasteiger partial charge in [-0.25, -0.2) is 14.4 Å². The highest BCUT2D eigenvalue weighted by molar-refractivity contribution is 7.71. The Bertz CT molecular complexity index is 871. The van der Waals surface area contributed by atoms with Crippen LogP contribution >= 0.6 is 12.2 Å². The monoisotopic (exact) mass is 304 g/mol. The van der Waals surface area contributed by atoms with E-state index in [0.717, 1.165) is 11.2 Å². The summed E-state index contributed by atoms with van der Waals surface area (Å²) in [6.45, 7) is 2.31. The van der Waals surface area contributed by atoms with Gasteiger partial charge in [-0.05, 0) is 25.2 Å². The molecular weight excluding hydrogens is 291 g/mol. The summed E-state index contributed by atoms with van der Waals surface area (Å²) in [5.74, 6) is 0.456. The molecular formula is C14H13FN4OS. The number of H-pyrrole nitrogens is 1. The Morgan fingerprint density at radius 2 is 2.24 bits per heavy atom. The van der Waals surface area contributed by atoms with E-state index in [2.05, 4.69) is 15.0 Å². The summed E-state index contributed by atoms with van der Waals surface area (Å²) in [4.78, 5) is 11.4. The summed E-state index contributed by atoms with van der Waals surface area (Å²) in [7, 11) is 1.43. The number of fused-ring (bicyclic) bond motifs is 1. The molecule has 2 aromatic heterocycles. The smallest absolute Gasteiger partial charge is 0.178 e. The average Bonchev–Trinajstić information content (AvgIpc) is 2.73. The zero-order chi connectivity index (χ0) is 15.0. The van der Waals surface area contributed by atoms with Crippen LogP contribution in [0.4, 0.5) is 4.39 Å². The molecule has 0 aliphatic rings. The molecule has 0 amide bonds. The summed E-state index contributed by atoms with van der Waals surface area (Å²) in [5, 5.41) is 0. The number of rotatable bonds is 3. The van der Waals surface area contributed by atoms with Crippen molar-refractivity contribution in [1.29, 1.82) is 0 Å². The van der Waals surface area contributed by atoms with Crippen LogP contribution < -0.4 is 4.74 Å². The summed E-state index contributed by atoms with van der Waals surface area (Å²) in [6, 6.07) is 4.84. The van der Waals surface area contributed by atoms with Crippen molar-refractivity contribution in [1.82, 2.24) is 19.5 Å². The molecule has 0 bridgehead atoms. The van der Waals surface area contributed by atoms with Crippen LogP contribution in [-0.4, -0.2) is 26.6 Å². The van der Waals surface area contributed by atoms with Crippen molar-refractivity contribution in [2.75, 3.05) is 7.11 Å². The molecule has 0 spiro atoms. The number of benzene rings is 1. The highest BCUT2D eigenvalue weighted by Crippen LogP contribution is 2.25. The highest BCUT2D eigenvalue weighted by Gasteiger charge is 2.11. The first-order valence-electron chi connectivity index (χ1n) is 6.33. The molecule has 0 saturated carbocycles. The van der Waals surface area contributed by atoms with Crippen molar-refractivity contribution < 1.29 is 9.13 Å². The Hall–Kier alpha value is -2.28. The Kier molecular flexibility index (Phi) is 3.42. The average molecular weight is 304 g/mol. The Morgan fingerprint density at radius 1 is 1.43 bits per heavy atom. The number of aromatic amines is 1. The second-order valence-corrected chi connectivity index (χ2v) is 5.00. The summed E-state index contributed by atoms with van der Waals surface area (Å²) in [6.07, 6.45) is 1.70. The quantitative estimate of drug-likeness (QED) is 0.756. The van der Waals surface area contributed by atoms with E-state index in [4.69, 9.17) is 17.0 Å². The zero-order valence-corrected chi connectivity index (χ0v) is 12.4. The topological polar surface area (TPSA) is 55.7 Å². The van der Waals surface area contributed by atoms with Crippen LogP contribution in [0.15, 0.2) is 24.4 Å². The first-order chi connectivity index (χ1) is 10.1. The molecule has 5 nitrogen and oxygen atoms in total. The van der Waals surface area contributed by atoms with Crippen molar-refractivity contribution in [3.05, 3.63) is 46.5 Å². The number of aryl methyl sites for hydroxylation is 1. The van der Waals surface area contributed by atoms with Crippen LogP contribution in [-0.2, 0) is 6.54 Å². The summed E-state index contributed by atoms with van der Waals surface area (Å²) < 4.78 is 21.1. The molecule has 0 aliphatic carbocycles. The van der Waals surface area contributed by atoms with Gasteiger partial charge in [-0.3, -0.25) is 0 Å². The van der Waals surface area contributed by atoms with Crippen LogP contribution in [0.25, 0.3) is 11.0 Å². The van der Waals surface area contributed by atoms with Gasteiger partial charge in [0.2, 0.25) is 0 Å². The fourth-order valence-corrected chi connectivity index (χ4v) is 2.50. The highest BCUT2D eigenvalue weighted by atomic mass is 32.1. The Labute approximate surface area is 125 Å². The molecule has 0 fully saturated rings. The van der Waals surface area contributed by atoms with Gasteiger partial charge in [-0.2, -0.15) is 0 Å². The second-order valence-electron chi connectivity index (χ2n) is 4.62. The van der Waals surface area contributed by atoms with E-state index in [1.165, 1.54) is 13.2 Å². The van der Waals surface area contributed by atoms with E-state index in [1.807, 2.05) is 17.6 Å². The predicted molar refractivity (Wildman–Crippen MR) is 79.5 cm³/mol. The Morgan fingerprint density at radius 3 is 2.95 bits per heavy atom. The molecule has 7 heteroatoms. The first kappa shape index (κ1) is 13.7. The van der Waals surface area contributed by atoms with Crippen molar-refractivity contribution >= 4 is 23.3 Å². The van der Waals surface area contributed by atoms with Gasteiger partial charge >= 0.3 is 0 Å². The first-order valence-corrected chi connectivity index (χ1v) is 6.74. The number of ether oxygens (including phenoxy) is 1. The van der Waals surface area contributed by atoms with Gasteiger partial charge < -0.3 is 14.3 Å². The van der Waals surface area contributed by atoms with E-state index in [0.29, 0.717) is 22.7 Å². The van der Waals surface area contributed by atoms with Gasteiger partial charge in [-0.1, -0.05) is 0 Å². The van der Waals surface area contributed by atoms with E-state index in [9.17, 15) is 4.39 Å². The van der Waals surface area contributed by atoms with Gasteiger partial charge in [0.25, 0.3) is 0 Å². The molecule has 0 aliphatic heterocycles. The lowest BCUT2D eigenvalue weighted by molar-refractivity contribution is 0.387. The molecule has 1 N–H and O–H groups in total. The number of hydrogen-bond donors (Lipinski definition) is 1. The molecule has 0 atom stereocenters. The van der Waals surface area contributed by atoms with Crippen LogP contribution in [0.5, 0.6) is 5.75 Å². The maximum Gasteiger partial charge on any atom is 0.178 e. The molecule has 1 aromatic carbocycles. The van der Waals surface area contributed by atoms with Crippen molar-refractivity contribution in [2.45, 2.75) is 13.5 Å². The fourth-order valence-electron chi connectivity index (χ4n) is 2.23. The SMILES string of the molecule is COc1cc2c(cc1F)[nH]c(=S)n2Cc1ccnc(C)n1. The number of nitrogens with one attached hydrogen (secondary N) is 1. The summed E-state index contributed by atoms with van der Waals surface area (Å²) >= 11 is 5.31. The van der Waals surface area contributed by atoms with Crippen molar-refractivity contribution in [2.24, 2.45) is 0 Å². The molecule has 3 rings (SSSR count). The van der Waals surface area contributed by atoms with Gasteiger partial charge in [0.1, 0.15) is 5.82 Å². The minimum atomic E-state index is -0.425. The third-order valence-corrected chi connectivity index (χ3v) is 3.52. The van der Waals surface area contributed by atoms with Gasteiger partial charge in [0.05, 0.1) is 30.4 Å². The maximum absolute atomic E-state index is 13.7. The zero-order valence-electron chi connectivity index (χ0n) is 11.6. The molecule has 0 saturated heterocycles. The third kappa shape index (κ3) is 2.52. The number of methoxy groups -OCH3 is 1. The minimum absolute atomic E-state index is 0.184.